The average molecular weight is 289 g/mol. The monoisotopic (exact) mass is 289 g/mol. The molecule has 2 heterocycles. The summed E-state index contributed by atoms with van der Waals surface area (Å²) in [5.74, 6) is -2.72. The van der Waals surface area contributed by atoms with Crippen LogP contribution in [0.25, 0.3) is 0 Å². The smallest absolute Gasteiger partial charge is 0.320 e. The summed E-state index contributed by atoms with van der Waals surface area (Å²) in [6, 6.07) is 0.305. The van der Waals surface area contributed by atoms with E-state index in [2.05, 4.69) is 18.7 Å². The maximum Gasteiger partial charge on any atom is 0.320 e. The van der Waals surface area contributed by atoms with Crippen LogP contribution in [0, 0.1) is 0 Å². The standard InChI is InChI=1S/C14H25F2N3O/c1-3-12(2)17-7-9-18(10-8-17)13(20)19-6-4-5-14(15,16)11-19/h12H,3-11H2,1-2H3. The lowest BCUT2D eigenvalue weighted by molar-refractivity contribution is -0.0566. The Hall–Kier alpha value is -0.910. The third-order valence-electron chi connectivity index (χ3n) is 4.46. The van der Waals surface area contributed by atoms with Gasteiger partial charge >= 0.3 is 6.03 Å². The predicted octanol–water partition coefficient (Wildman–Crippen LogP) is 2.25. The molecule has 1 atom stereocenters. The third-order valence-corrected chi connectivity index (χ3v) is 4.46. The van der Waals surface area contributed by atoms with Crippen molar-refractivity contribution in [3.8, 4) is 0 Å². The molecule has 0 N–H and O–H groups in total. The molecule has 2 saturated heterocycles. The molecule has 0 aromatic carbocycles. The highest BCUT2D eigenvalue weighted by Gasteiger charge is 2.38. The number of hydrogen-bond acceptors (Lipinski definition) is 2. The molecule has 2 aliphatic heterocycles. The van der Waals surface area contributed by atoms with Gasteiger partial charge in [-0.25, -0.2) is 13.6 Å². The molecule has 4 nitrogen and oxygen atoms in total. The number of rotatable bonds is 2. The fourth-order valence-corrected chi connectivity index (χ4v) is 2.94. The maximum absolute atomic E-state index is 13.4. The van der Waals surface area contributed by atoms with Gasteiger partial charge in [-0.15, -0.1) is 0 Å². The number of carbonyl (C=O) groups is 1. The Morgan fingerprint density at radius 1 is 1.15 bits per heavy atom. The summed E-state index contributed by atoms with van der Waals surface area (Å²) in [7, 11) is 0. The molecule has 116 valence electrons. The minimum atomic E-state index is -2.72. The maximum atomic E-state index is 13.4. The molecule has 0 saturated carbocycles. The highest BCUT2D eigenvalue weighted by atomic mass is 19.3. The van der Waals surface area contributed by atoms with Gasteiger partial charge in [0.1, 0.15) is 0 Å². The summed E-state index contributed by atoms with van der Waals surface area (Å²) >= 11 is 0. The Balaban J connectivity index is 1.85. The first-order valence-electron chi connectivity index (χ1n) is 7.58. The van der Waals surface area contributed by atoms with Crippen LogP contribution in [0.2, 0.25) is 0 Å². The predicted molar refractivity (Wildman–Crippen MR) is 74.0 cm³/mol. The van der Waals surface area contributed by atoms with Gasteiger partial charge in [-0.2, -0.15) is 0 Å². The lowest BCUT2D eigenvalue weighted by Crippen LogP contribution is -2.57. The number of hydrogen-bond donors (Lipinski definition) is 0. The number of piperazine rings is 1. The van der Waals surface area contributed by atoms with Crippen LogP contribution < -0.4 is 0 Å². The summed E-state index contributed by atoms with van der Waals surface area (Å²) < 4.78 is 26.8. The SMILES string of the molecule is CCC(C)N1CCN(C(=O)N2CCCC(F)(F)C2)CC1. The van der Waals surface area contributed by atoms with Gasteiger partial charge in [0.05, 0.1) is 6.54 Å². The zero-order valence-electron chi connectivity index (χ0n) is 12.4. The van der Waals surface area contributed by atoms with Gasteiger partial charge in [0.2, 0.25) is 0 Å². The van der Waals surface area contributed by atoms with Gasteiger partial charge in [0.25, 0.3) is 5.92 Å². The highest BCUT2D eigenvalue weighted by molar-refractivity contribution is 5.74. The first-order valence-corrected chi connectivity index (χ1v) is 7.58. The van der Waals surface area contributed by atoms with Crippen LogP contribution in [0.1, 0.15) is 33.1 Å². The van der Waals surface area contributed by atoms with Crippen molar-refractivity contribution < 1.29 is 13.6 Å². The molecule has 2 aliphatic rings. The molecule has 0 spiro atoms. The molecular weight excluding hydrogens is 264 g/mol. The van der Waals surface area contributed by atoms with Crippen molar-refractivity contribution >= 4 is 6.03 Å². The van der Waals surface area contributed by atoms with Gasteiger partial charge < -0.3 is 9.80 Å². The Kier molecular flexibility index (Phi) is 4.83. The normalized spacial score (nSPS) is 25.6. The lowest BCUT2D eigenvalue weighted by atomic mass is 10.1. The number of piperidine rings is 1. The minimum Gasteiger partial charge on any atom is -0.322 e. The van der Waals surface area contributed by atoms with Crippen molar-refractivity contribution in [2.45, 2.75) is 45.1 Å². The van der Waals surface area contributed by atoms with Crippen LogP contribution in [0.15, 0.2) is 0 Å². The summed E-state index contributed by atoms with van der Waals surface area (Å²) in [5, 5.41) is 0. The summed E-state index contributed by atoms with van der Waals surface area (Å²) in [6.07, 6.45) is 1.39. The van der Waals surface area contributed by atoms with Gasteiger partial charge in [0, 0.05) is 45.2 Å². The molecular formula is C14H25F2N3O. The highest BCUT2D eigenvalue weighted by Crippen LogP contribution is 2.27. The van der Waals surface area contributed by atoms with Crippen LogP contribution >= 0.6 is 0 Å². The van der Waals surface area contributed by atoms with Crippen molar-refractivity contribution in [2.75, 3.05) is 39.3 Å². The molecule has 20 heavy (non-hydrogen) atoms. The van der Waals surface area contributed by atoms with E-state index in [4.69, 9.17) is 0 Å². The van der Waals surface area contributed by atoms with Gasteiger partial charge in [-0.3, -0.25) is 4.90 Å². The van der Waals surface area contributed by atoms with E-state index in [0.29, 0.717) is 32.1 Å². The number of alkyl halides is 2. The second-order valence-corrected chi connectivity index (χ2v) is 5.94. The Morgan fingerprint density at radius 2 is 1.80 bits per heavy atom. The Labute approximate surface area is 119 Å². The van der Waals surface area contributed by atoms with Crippen LogP contribution in [-0.4, -0.2) is 72.0 Å². The topological polar surface area (TPSA) is 26.8 Å². The molecule has 0 aromatic heterocycles. The third kappa shape index (κ3) is 3.59. The van der Waals surface area contributed by atoms with E-state index < -0.39 is 12.5 Å². The molecule has 1 unspecified atom stereocenters. The summed E-state index contributed by atoms with van der Waals surface area (Å²) in [6.45, 7) is 7.34. The Morgan fingerprint density at radius 3 is 2.35 bits per heavy atom. The van der Waals surface area contributed by atoms with Crippen LogP contribution in [0.3, 0.4) is 0 Å². The molecule has 0 aromatic rings. The van der Waals surface area contributed by atoms with Crippen LogP contribution in [0.4, 0.5) is 13.6 Å². The molecule has 0 radical (unpaired) electrons. The first-order chi connectivity index (χ1) is 9.43. The fraction of sp³-hybridized carbons (Fsp3) is 0.929. The first kappa shape index (κ1) is 15.5. The molecule has 6 heteroatoms. The van der Waals surface area contributed by atoms with Crippen LogP contribution in [-0.2, 0) is 0 Å². The molecule has 2 amide bonds. The summed E-state index contributed by atoms with van der Waals surface area (Å²) in [5.41, 5.74) is 0. The summed E-state index contributed by atoms with van der Waals surface area (Å²) in [4.78, 5) is 17.7. The number of urea groups is 1. The molecule has 0 bridgehead atoms. The Bertz CT molecular complexity index is 343. The van der Waals surface area contributed by atoms with Crippen LogP contribution in [0.5, 0.6) is 0 Å². The average Bonchev–Trinajstić information content (AvgIpc) is 2.45. The van der Waals surface area contributed by atoms with E-state index in [1.165, 1.54) is 4.90 Å². The van der Waals surface area contributed by atoms with E-state index in [1.54, 1.807) is 4.90 Å². The van der Waals surface area contributed by atoms with Gasteiger partial charge in [-0.1, -0.05) is 6.92 Å². The van der Waals surface area contributed by atoms with E-state index in [1.807, 2.05) is 0 Å². The number of likely N-dealkylation sites (tertiary alicyclic amines) is 1. The van der Waals surface area contributed by atoms with Crippen molar-refractivity contribution in [3.63, 3.8) is 0 Å². The van der Waals surface area contributed by atoms with E-state index in [0.717, 1.165) is 19.5 Å². The second-order valence-electron chi connectivity index (χ2n) is 5.94. The van der Waals surface area contributed by atoms with E-state index in [9.17, 15) is 13.6 Å². The molecule has 2 rings (SSSR count). The van der Waals surface area contributed by atoms with E-state index >= 15 is 0 Å². The number of halogens is 2. The quantitative estimate of drug-likeness (QED) is 0.779. The van der Waals surface area contributed by atoms with Gasteiger partial charge in [0.15, 0.2) is 0 Å². The zero-order chi connectivity index (χ0) is 14.8. The largest absolute Gasteiger partial charge is 0.322 e. The fourth-order valence-electron chi connectivity index (χ4n) is 2.94. The number of amides is 2. The number of carbonyl (C=O) groups excluding carboxylic acids is 1. The van der Waals surface area contributed by atoms with E-state index in [-0.39, 0.29) is 12.5 Å². The molecule has 2 fully saturated rings. The minimum absolute atomic E-state index is 0.0986. The molecule has 0 aliphatic carbocycles. The van der Waals surface area contributed by atoms with Crippen molar-refractivity contribution in [3.05, 3.63) is 0 Å². The van der Waals surface area contributed by atoms with Crippen molar-refractivity contribution in [1.29, 1.82) is 0 Å². The lowest BCUT2D eigenvalue weighted by Gasteiger charge is -2.41. The van der Waals surface area contributed by atoms with Gasteiger partial charge in [-0.05, 0) is 19.8 Å². The second kappa shape index (κ2) is 6.24. The number of nitrogens with zero attached hydrogens (tertiary/aromatic N) is 3. The zero-order valence-corrected chi connectivity index (χ0v) is 12.4. The van der Waals surface area contributed by atoms with Crippen molar-refractivity contribution in [1.82, 2.24) is 14.7 Å². The van der Waals surface area contributed by atoms with Crippen molar-refractivity contribution in [2.24, 2.45) is 0 Å².